The number of esters is 1. The smallest absolute Gasteiger partial charge is 0.333 e. The Bertz CT molecular complexity index is 1830. The maximum absolute atomic E-state index is 14.4. The van der Waals surface area contributed by atoms with Crippen LogP contribution in [0.2, 0.25) is 0 Å². The lowest BCUT2D eigenvalue weighted by Crippen LogP contribution is -2.41. The zero-order valence-corrected chi connectivity index (χ0v) is 24.8. The van der Waals surface area contributed by atoms with E-state index in [2.05, 4.69) is 36.9 Å². The van der Waals surface area contributed by atoms with Gasteiger partial charge in [0.1, 0.15) is 6.23 Å². The molecule has 0 N–H and O–H groups in total. The molecule has 7 rings (SSSR count). The summed E-state index contributed by atoms with van der Waals surface area (Å²) in [5.74, 6) is -0.0730. The van der Waals surface area contributed by atoms with Gasteiger partial charge >= 0.3 is 5.97 Å². The van der Waals surface area contributed by atoms with Crippen LogP contribution in [0.5, 0.6) is 0 Å². The molecule has 216 valence electrons. The third kappa shape index (κ3) is 4.15. The van der Waals surface area contributed by atoms with Crippen LogP contribution in [-0.2, 0) is 30.7 Å². The van der Waals surface area contributed by atoms with E-state index < -0.39 is 22.3 Å². The van der Waals surface area contributed by atoms with Gasteiger partial charge < -0.3 is 9.47 Å². The summed E-state index contributed by atoms with van der Waals surface area (Å²) in [4.78, 5) is 15.6. The number of fused-ring (bicyclic) bond motifs is 6. The third-order valence-corrected chi connectivity index (χ3v) is 10.6. The van der Waals surface area contributed by atoms with E-state index in [0.29, 0.717) is 29.1 Å². The number of nitrogens with zero attached hydrogens (tertiary/aromatic N) is 2. The van der Waals surface area contributed by atoms with Crippen molar-refractivity contribution in [2.24, 2.45) is 0 Å². The molecule has 0 unspecified atom stereocenters. The first-order valence-corrected chi connectivity index (χ1v) is 16.1. The molecule has 4 aromatic rings. The van der Waals surface area contributed by atoms with Gasteiger partial charge in [-0.25, -0.2) is 17.2 Å². The van der Waals surface area contributed by atoms with Crippen LogP contribution < -0.4 is 0 Å². The summed E-state index contributed by atoms with van der Waals surface area (Å²) in [5, 5.41) is 0.812. The van der Waals surface area contributed by atoms with E-state index in [9.17, 15) is 13.2 Å². The zero-order valence-electron chi connectivity index (χ0n) is 23.9. The number of para-hydroxylation sites is 1. The molecule has 7 nitrogen and oxygen atoms in total. The second-order valence-corrected chi connectivity index (χ2v) is 13.4. The molecule has 3 aromatic carbocycles. The molecule has 1 fully saturated rings. The Morgan fingerprint density at radius 2 is 1.76 bits per heavy atom. The number of carbonyl (C=O) groups is 1. The van der Waals surface area contributed by atoms with E-state index in [-0.39, 0.29) is 29.6 Å². The Morgan fingerprint density at radius 1 is 1.00 bits per heavy atom. The number of hydrogen-bond donors (Lipinski definition) is 0. The van der Waals surface area contributed by atoms with Crippen LogP contribution in [0.1, 0.15) is 67.6 Å². The Kier molecular flexibility index (Phi) is 6.60. The van der Waals surface area contributed by atoms with Crippen LogP contribution >= 0.6 is 0 Å². The monoisotopic (exact) mass is 582 g/mol. The van der Waals surface area contributed by atoms with E-state index in [4.69, 9.17) is 9.47 Å². The third-order valence-electron chi connectivity index (χ3n) is 8.80. The normalized spacial score (nSPS) is 23.5. The minimum Gasteiger partial charge on any atom is -0.463 e. The van der Waals surface area contributed by atoms with Gasteiger partial charge in [0.25, 0.3) is 10.0 Å². The lowest BCUT2D eigenvalue weighted by atomic mass is 9.90. The molecule has 2 aliphatic heterocycles. The molecule has 0 amide bonds. The molecule has 0 spiro atoms. The maximum Gasteiger partial charge on any atom is 0.333 e. The fourth-order valence-corrected chi connectivity index (χ4v) is 8.65. The van der Waals surface area contributed by atoms with E-state index in [1.54, 1.807) is 37.3 Å². The van der Waals surface area contributed by atoms with Crippen LogP contribution in [0, 0.1) is 0 Å². The second kappa shape index (κ2) is 10.2. The average Bonchev–Trinajstić information content (AvgIpc) is 3.66. The zero-order chi connectivity index (χ0) is 29.2. The van der Waals surface area contributed by atoms with Crippen molar-refractivity contribution in [3.8, 4) is 0 Å². The van der Waals surface area contributed by atoms with Gasteiger partial charge in [0.15, 0.2) is 0 Å². The highest BCUT2D eigenvalue weighted by Gasteiger charge is 2.53. The number of benzene rings is 3. The van der Waals surface area contributed by atoms with Crippen molar-refractivity contribution in [3.63, 3.8) is 0 Å². The van der Waals surface area contributed by atoms with Crippen molar-refractivity contribution in [1.29, 1.82) is 0 Å². The fourth-order valence-electron chi connectivity index (χ4n) is 7.08. The molecule has 42 heavy (non-hydrogen) atoms. The van der Waals surface area contributed by atoms with Gasteiger partial charge in [-0.15, -0.1) is 0 Å². The standard InChI is InChI=1S/C34H34N2O5S/c1-4-40-34(37)24-18-28(35-31(20-24)41-30-19-23-12-10-15-26(21(2)3)32(23)33(30)35)29-17-22-11-8-9-16-27(22)36(29)42(38,39)25-13-6-5-7-14-25/h5-18,21,28,30-31,33H,4,19-20H2,1-3H3/t28-,30-,31-,33-/m1/s1. The first-order valence-electron chi connectivity index (χ1n) is 14.6. The molecule has 3 aliphatic rings. The molecule has 1 aromatic heterocycles. The molecule has 3 heterocycles. The number of rotatable bonds is 6. The molecule has 0 bridgehead atoms. The summed E-state index contributed by atoms with van der Waals surface area (Å²) < 4.78 is 42.3. The largest absolute Gasteiger partial charge is 0.463 e. The van der Waals surface area contributed by atoms with Crippen molar-refractivity contribution in [1.82, 2.24) is 8.87 Å². The van der Waals surface area contributed by atoms with E-state index >= 15 is 0 Å². The van der Waals surface area contributed by atoms with Crippen LogP contribution in [0.3, 0.4) is 0 Å². The maximum atomic E-state index is 14.4. The van der Waals surface area contributed by atoms with Gasteiger partial charge in [-0.2, -0.15) is 0 Å². The van der Waals surface area contributed by atoms with Crippen LogP contribution in [0.25, 0.3) is 10.9 Å². The average molecular weight is 583 g/mol. The van der Waals surface area contributed by atoms with Gasteiger partial charge in [0.2, 0.25) is 0 Å². The molecular formula is C34H34N2O5S. The predicted molar refractivity (Wildman–Crippen MR) is 161 cm³/mol. The molecule has 1 aliphatic carbocycles. The summed E-state index contributed by atoms with van der Waals surface area (Å²) in [6.45, 7) is 6.45. The van der Waals surface area contributed by atoms with E-state index in [1.807, 2.05) is 36.4 Å². The fraction of sp³-hybridized carbons (Fsp3) is 0.324. The molecule has 4 atom stereocenters. The highest BCUT2D eigenvalue weighted by atomic mass is 32.2. The number of hydrogen-bond acceptors (Lipinski definition) is 6. The molecular weight excluding hydrogens is 548 g/mol. The summed E-state index contributed by atoms with van der Waals surface area (Å²) in [7, 11) is -3.98. The lowest BCUT2D eigenvalue weighted by Gasteiger charge is -2.39. The second-order valence-electron chi connectivity index (χ2n) is 11.6. The highest BCUT2D eigenvalue weighted by molar-refractivity contribution is 7.90. The van der Waals surface area contributed by atoms with Crippen molar-refractivity contribution in [2.45, 2.75) is 68.8 Å². The summed E-state index contributed by atoms with van der Waals surface area (Å²) >= 11 is 0. The SMILES string of the molecule is CCOC(=O)C1=C[C@H](c2cc3ccccc3n2S(=O)(=O)c2ccccc2)N2[C@@H](C1)O[C@@H]1Cc3cccc(C(C)C)c3[C@@H]12. The van der Waals surface area contributed by atoms with E-state index in [1.165, 1.54) is 20.7 Å². The van der Waals surface area contributed by atoms with Crippen molar-refractivity contribution in [2.75, 3.05) is 6.61 Å². The Balaban J connectivity index is 1.47. The van der Waals surface area contributed by atoms with Crippen molar-refractivity contribution >= 4 is 26.9 Å². The Labute approximate surface area is 246 Å². The summed E-state index contributed by atoms with van der Waals surface area (Å²) in [5.41, 5.74) is 5.50. The first-order chi connectivity index (χ1) is 20.3. The van der Waals surface area contributed by atoms with Gasteiger partial charge in [0.05, 0.1) is 40.9 Å². The van der Waals surface area contributed by atoms with Crippen molar-refractivity contribution < 1.29 is 22.7 Å². The molecule has 8 heteroatoms. The Morgan fingerprint density at radius 3 is 2.52 bits per heavy atom. The van der Waals surface area contributed by atoms with Crippen molar-refractivity contribution in [3.05, 3.63) is 113 Å². The first kappa shape index (κ1) is 27.1. The van der Waals surface area contributed by atoms with Crippen LogP contribution in [0.15, 0.2) is 95.4 Å². The van der Waals surface area contributed by atoms with Gasteiger partial charge in [-0.05, 0) is 53.8 Å². The molecule has 0 saturated carbocycles. The number of aromatic nitrogens is 1. The summed E-state index contributed by atoms with van der Waals surface area (Å²) in [6.07, 6.45) is 2.58. The lowest BCUT2D eigenvalue weighted by molar-refractivity contribution is -0.139. The quantitative estimate of drug-likeness (QED) is 0.250. The Hall–Kier alpha value is -3.72. The van der Waals surface area contributed by atoms with Gasteiger partial charge in [-0.1, -0.05) is 74.5 Å². The topological polar surface area (TPSA) is 77.8 Å². The molecule has 1 saturated heterocycles. The predicted octanol–water partition coefficient (Wildman–Crippen LogP) is 6.26. The van der Waals surface area contributed by atoms with Gasteiger partial charge in [-0.3, -0.25) is 4.90 Å². The number of ether oxygens (including phenoxy) is 2. The molecule has 0 radical (unpaired) electrons. The summed E-state index contributed by atoms with van der Waals surface area (Å²) in [6, 6.07) is 23.8. The minimum atomic E-state index is -3.98. The minimum absolute atomic E-state index is 0.0699. The van der Waals surface area contributed by atoms with Crippen LogP contribution in [-0.4, -0.2) is 42.2 Å². The number of carbonyl (C=O) groups excluding carboxylic acids is 1. The van der Waals surface area contributed by atoms with Crippen LogP contribution in [0.4, 0.5) is 0 Å². The van der Waals surface area contributed by atoms with E-state index in [0.717, 1.165) is 11.8 Å². The highest BCUT2D eigenvalue weighted by Crippen LogP contribution is 2.54. The van der Waals surface area contributed by atoms with Gasteiger partial charge in [0, 0.05) is 23.8 Å².